The first-order chi connectivity index (χ1) is 10.3. The van der Waals surface area contributed by atoms with Gasteiger partial charge < -0.3 is 19.9 Å². The Labute approximate surface area is 122 Å². The van der Waals surface area contributed by atoms with Crippen molar-refractivity contribution in [3.63, 3.8) is 0 Å². The Morgan fingerprint density at radius 1 is 1.14 bits per heavy atom. The number of rotatable bonds is 2. The highest BCUT2D eigenvalue weighted by Crippen LogP contribution is 2.41. The molecule has 1 aromatic carbocycles. The summed E-state index contributed by atoms with van der Waals surface area (Å²) in [5.41, 5.74) is 9.15. The van der Waals surface area contributed by atoms with Gasteiger partial charge in [-0.25, -0.2) is 0 Å². The Hall–Kier alpha value is -2.21. The summed E-state index contributed by atoms with van der Waals surface area (Å²) in [5, 5.41) is 7.31. The van der Waals surface area contributed by atoms with Crippen LogP contribution in [0.15, 0.2) is 18.2 Å². The van der Waals surface area contributed by atoms with Crippen LogP contribution in [-0.2, 0) is 4.74 Å². The molecule has 1 saturated heterocycles. The molecule has 0 spiro atoms. The van der Waals surface area contributed by atoms with E-state index in [1.165, 1.54) is 0 Å². The summed E-state index contributed by atoms with van der Waals surface area (Å²) in [5.74, 6) is 2.46. The summed E-state index contributed by atoms with van der Waals surface area (Å²) in [6.07, 6.45) is 1.97. The van der Waals surface area contributed by atoms with Gasteiger partial charge in [-0.3, -0.25) is 5.10 Å². The molecular weight excluding hydrogens is 270 g/mol. The normalized spacial score (nSPS) is 18.1. The molecule has 2 aromatic rings. The maximum absolute atomic E-state index is 6.08. The van der Waals surface area contributed by atoms with Crippen LogP contribution in [0.25, 0.3) is 11.1 Å². The molecule has 0 amide bonds. The zero-order valence-electron chi connectivity index (χ0n) is 11.6. The molecule has 0 saturated carbocycles. The predicted octanol–water partition coefficient (Wildman–Crippen LogP) is 2.28. The van der Waals surface area contributed by atoms with E-state index in [-0.39, 0.29) is 6.79 Å². The summed E-state index contributed by atoms with van der Waals surface area (Å²) in [4.78, 5) is 0. The van der Waals surface area contributed by atoms with Gasteiger partial charge in [-0.1, -0.05) is 6.07 Å². The van der Waals surface area contributed by atoms with Crippen molar-refractivity contribution >= 4 is 5.82 Å². The van der Waals surface area contributed by atoms with Gasteiger partial charge >= 0.3 is 0 Å². The first-order valence-electron chi connectivity index (χ1n) is 7.14. The van der Waals surface area contributed by atoms with Gasteiger partial charge in [0.25, 0.3) is 0 Å². The third kappa shape index (κ3) is 2.12. The van der Waals surface area contributed by atoms with E-state index in [2.05, 4.69) is 10.2 Å². The summed E-state index contributed by atoms with van der Waals surface area (Å²) < 4.78 is 16.2. The predicted molar refractivity (Wildman–Crippen MR) is 77.4 cm³/mol. The standard InChI is InChI=1S/C15H17N3O3/c16-15-13(10-1-2-11-12(7-10)21-8-20-11)14(17-18-15)9-3-5-19-6-4-9/h1-2,7,9H,3-6,8H2,(H3,16,17,18). The van der Waals surface area contributed by atoms with E-state index in [4.69, 9.17) is 19.9 Å². The van der Waals surface area contributed by atoms with Crippen molar-refractivity contribution in [3.05, 3.63) is 23.9 Å². The van der Waals surface area contributed by atoms with Crippen molar-refractivity contribution in [1.29, 1.82) is 0 Å². The number of H-pyrrole nitrogens is 1. The lowest BCUT2D eigenvalue weighted by atomic mass is 9.91. The zero-order chi connectivity index (χ0) is 14.2. The lowest BCUT2D eigenvalue weighted by molar-refractivity contribution is 0.0846. The molecule has 3 N–H and O–H groups in total. The van der Waals surface area contributed by atoms with Crippen LogP contribution in [0.2, 0.25) is 0 Å². The van der Waals surface area contributed by atoms with E-state index in [9.17, 15) is 0 Å². The van der Waals surface area contributed by atoms with Crippen molar-refractivity contribution in [3.8, 4) is 22.6 Å². The Bertz CT molecular complexity index is 662. The van der Waals surface area contributed by atoms with Gasteiger partial charge in [0.1, 0.15) is 0 Å². The number of nitrogens with two attached hydrogens (primary N) is 1. The second-order valence-electron chi connectivity index (χ2n) is 5.35. The van der Waals surface area contributed by atoms with Crippen LogP contribution in [-0.4, -0.2) is 30.2 Å². The Balaban J connectivity index is 1.75. The minimum Gasteiger partial charge on any atom is -0.454 e. The molecule has 6 heteroatoms. The fraction of sp³-hybridized carbons (Fsp3) is 0.400. The molecule has 4 rings (SSSR count). The Morgan fingerprint density at radius 2 is 1.95 bits per heavy atom. The highest BCUT2D eigenvalue weighted by molar-refractivity contribution is 5.78. The molecule has 21 heavy (non-hydrogen) atoms. The molecule has 2 aliphatic heterocycles. The van der Waals surface area contributed by atoms with Gasteiger partial charge in [0, 0.05) is 30.4 Å². The van der Waals surface area contributed by atoms with Gasteiger partial charge in [-0.05, 0) is 30.5 Å². The molecule has 6 nitrogen and oxygen atoms in total. The molecule has 0 atom stereocenters. The second-order valence-corrected chi connectivity index (χ2v) is 5.35. The lowest BCUT2D eigenvalue weighted by Crippen LogP contribution is -2.15. The maximum Gasteiger partial charge on any atom is 0.231 e. The summed E-state index contributed by atoms with van der Waals surface area (Å²) >= 11 is 0. The molecule has 3 heterocycles. The van der Waals surface area contributed by atoms with Crippen molar-refractivity contribution in [1.82, 2.24) is 10.2 Å². The lowest BCUT2D eigenvalue weighted by Gasteiger charge is -2.22. The SMILES string of the molecule is Nc1n[nH]c(C2CCOCC2)c1-c1ccc2c(c1)OCO2. The average Bonchev–Trinajstić information content (AvgIpc) is 3.13. The molecule has 110 valence electrons. The smallest absolute Gasteiger partial charge is 0.231 e. The topological polar surface area (TPSA) is 82.4 Å². The van der Waals surface area contributed by atoms with Crippen LogP contribution in [0.1, 0.15) is 24.5 Å². The number of hydrogen-bond donors (Lipinski definition) is 2. The number of ether oxygens (including phenoxy) is 3. The number of anilines is 1. The number of aromatic nitrogens is 2. The number of fused-ring (bicyclic) bond motifs is 1. The number of aromatic amines is 1. The third-order valence-corrected chi connectivity index (χ3v) is 4.11. The van der Waals surface area contributed by atoms with Gasteiger partial charge in [0.2, 0.25) is 6.79 Å². The van der Waals surface area contributed by atoms with Crippen LogP contribution >= 0.6 is 0 Å². The number of nitrogens with zero attached hydrogens (tertiary/aromatic N) is 1. The zero-order valence-corrected chi connectivity index (χ0v) is 11.6. The summed E-state index contributed by atoms with van der Waals surface area (Å²) in [7, 11) is 0. The first-order valence-corrected chi connectivity index (χ1v) is 7.14. The number of hydrogen-bond acceptors (Lipinski definition) is 5. The van der Waals surface area contributed by atoms with Crippen molar-refractivity contribution < 1.29 is 14.2 Å². The van der Waals surface area contributed by atoms with Gasteiger partial charge in [-0.2, -0.15) is 5.10 Å². The van der Waals surface area contributed by atoms with E-state index < -0.39 is 0 Å². The van der Waals surface area contributed by atoms with E-state index in [1.54, 1.807) is 0 Å². The minimum atomic E-state index is 0.270. The van der Waals surface area contributed by atoms with Crippen LogP contribution in [0.5, 0.6) is 11.5 Å². The van der Waals surface area contributed by atoms with E-state index >= 15 is 0 Å². The fourth-order valence-electron chi connectivity index (χ4n) is 3.01. The van der Waals surface area contributed by atoms with Crippen molar-refractivity contribution in [2.45, 2.75) is 18.8 Å². The fourth-order valence-corrected chi connectivity index (χ4v) is 3.01. The average molecular weight is 287 g/mol. The summed E-state index contributed by atoms with van der Waals surface area (Å²) in [6, 6.07) is 5.88. The van der Waals surface area contributed by atoms with Crippen LogP contribution in [0.3, 0.4) is 0 Å². The molecule has 0 unspecified atom stereocenters. The highest BCUT2D eigenvalue weighted by Gasteiger charge is 2.25. The van der Waals surface area contributed by atoms with Crippen LogP contribution in [0.4, 0.5) is 5.82 Å². The van der Waals surface area contributed by atoms with Gasteiger partial charge in [0.05, 0.1) is 0 Å². The van der Waals surface area contributed by atoms with E-state index in [0.29, 0.717) is 11.7 Å². The number of nitrogen functional groups attached to an aromatic ring is 1. The van der Waals surface area contributed by atoms with E-state index in [1.807, 2.05) is 18.2 Å². The van der Waals surface area contributed by atoms with E-state index in [0.717, 1.165) is 54.4 Å². The monoisotopic (exact) mass is 287 g/mol. The maximum atomic E-state index is 6.08. The van der Waals surface area contributed by atoms with Crippen LogP contribution in [0, 0.1) is 0 Å². The molecule has 1 aromatic heterocycles. The van der Waals surface area contributed by atoms with Crippen molar-refractivity contribution in [2.75, 3.05) is 25.7 Å². The van der Waals surface area contributed by atoms with Gasteiger partial charge in [0.15, 0.2) is 17.3 Å². The molecule has 0 bridgehead atoms. The molecule has 0 aliphatic carbocycles. The Morgan fingerprint density at radius 3 is 2.81 bits per heavy atom. The van der Waals surface area contributed by atoms with Crippen LogP contribution < -0.4 is 15.2 Å². The molecular formula is C15H17N3O3. The Kier molecular flexibility index (Phi) is 2.96. The summed E-state index contributed by atoms with van der Waals surface area (Å²) in [6.45, 7) is 1.83. The second kappa shape index (κ2) is 4.96. The molecule has 0 radical (unpaired) electrons. The van der Waals surface area contributed by atoms with Crippen molar-refractivity contribution in [2.24, 2.45) is 0 Å². The highest BCUT2D eigenvalue weighted by atomic mass is 16.7. The minimum absolute atomic E-state index is 0.270. The number of nitrogens with one attached hydrogen (secondary N) is 1. The third-order valence-electron chi connectivity index (χ3n) is 4.11. The molecule has 2 aliphatic rings. The first kappa shape index (κ1) is 12.5. The quantitative estimate of drug-likeness (QED) is 0.885. The largest absolute Gasteiger partial charge is 0.454 e. The number of benzene rings is 1. The van der Waals surface area contributed by atoms with Gasteiger partial charge in [-0.15, -0.1) is 0 Å². The molecule has 1 fully saturated rings.